The van der Waals surface area contributed by atoms with Crippen LogP contribution in [0.3, 0.4) is 0 Å². The van der Waals surface area contributed by atoms with Crippen LogP contribution >= 0.6 is 0 Å². The van der Waals surface area contributed by atoms with Crippen molar-refractivity contribution in [3.05, 3.63) is 58.8 Å². The normalized spacial score (nSPS) is 22.3. The highest BCUT2D eigenvalue weighted by Gasteiger charge is 2.36. The predicted molar refractivity (Wildman–Crippen MR) is 98.7 cm³/mol. The molecular formula is C19H23FN4O2. The van der Waals surface area contributed by atoms with Gasteiger partial charge in [-0.05, 0) is 50.6 Å². The molecule has 1 aliphatic rings. The first-order chi connectivity index (χ1) is 12.5. The maximum Gasteiger partial charge on any atom is 0.255 e. The Morgan fingerprint density at radius 3 is 2.73 bits per heavy atom. The lowest BCUT2D eigenvalue weighted by Crippen LogP contribution is -2.33. The largest absolute Gasteiger partial charge is 0.330 e. The summed E-state index contributed by atoms with van der Waals surface area (Å²) in [4.78, 5) is 24.3. The number of hydrogen-bond acceptors (Lipinski definition) is 4. The van der Waals surface area contributed by atoms with Crippen molar-refractivity contribution >= 4 is 11.6 Å². The predicted octanol–water partition coefficient (Wildman–Crippen LogP) is 1.49. The Labute approximate surface area is 151 Å². The molecule has 1 aliphatic carbocycles. The Morgan fingerprint density at radius 2 is 2.12 bits per heavy atom. The molecule has 3 atom stereocenters. The SMILES string of the molecule is CNC1CC(C(=O)Nc2ccc(-n3ccccc3=O)cc2F)CC1CN. The first kappa shape index (κ1) is 18.3. The van der Waals surface area contributed by atoms with Crippen molar-refractivity contribution in [1.29, 1.82) is 0 Å². The van der Waals surface area contributed by atoms with Crippen LogP contribution in [-0.4, -0.2) is 30.1 Å². The van der Waals surface area contributed by atoms with E-state index in [4.69, 9.17) is 5.73 Å². The Hall–Kier alpha value is -2.51. The molecule has 0 aliphatic heterocycles. The Bertz CT molecular complexity index is 839. The summed E-state index contributed by atoms with van der Waals surface area (Å²) in [6.07, 6.45) is 2.94. The lowest BCUT2D eigenvalue weighted by atomic mass is 10.0. The standard InChI is InChI=1S/C19H23FN4O2/c1-22-17-9-12(8-13(17)11-21)19(26)23-16-6-5-14(10-15(16)20)24-7-3-2-4-18(24)25/h2-7,10,12-13,17,22H,8-9,11,21H2,1H3,(H,23,26). The van der Waals surface area contributed by atoms with Crippen molar-refractivity contribution in [1.82, 2.24) is 9.88 Å². The van der Waals surface area contributed by atoms with Crippen molar-refractivity contribution in [2.24, 2.45) is 17.6 Å². The smallest absolute Gasteiger partial charge is 0.255 e. The van der Waals surface area contributed by atoms with Gasteiger partial charge in [0.05, 0.1) is 11.4 Å². The molecule has 1 fully saturated rings. The highest BCUT2D eigenvalue weighted by Crippen LogP contribution is 2.32. The molecule has 0 spiro atoms. The number of benzene rings is 1. The fraction of sp³-hybridized carbons (Fsp3) is 0.368. The van der Waals surface area contributed by atoms with Gasteiger partial charge in [0.25, 0.3) is 5.56 Å². The van der Waals surface area contributed by atoms with Gasteiger partial charge in [-0.15, -0.1) is 0 Å². The molecule has 6 nitrogen and oxygen atoms in total. The Morgan fingerprint density at radius 1 is 1.31 bits per heavy atom. The Kier molecular flexibility index (Phi) is 5.49. The van der Waals surface area contributed by atoms with Gasteiger partial charge in [-0.2, -0.15) is 0 Å². The third-order valence-corrected chi connectivity index (χ3v) is 5.05. The summed E-state index contributed by atoms with van der Waals surface area (Å²) >= 11 is 0. The van der Waals surface area contributed by atoms with Crippen LogP contribution in [-0.2, 0) is 4.79 Å². The van der Waals surface area contributed by atoms with Crippen LogP contribution in [0.4, 0.5) is 10.1 Å². The van der Waals surface area contributed by atoms with Crippen LogP contribution in [0.1, 0.15) is 12.8 Å². The van der Waals surface area contributed by atoms with E-state index in [2.05, 4.69) is 10.6 Å². The van der Waals surface area contributed by atoms with Crippen molar-refractivity contribution in [2.45, 2.75) is 18.9 Å². The molecule has 7 heteroatoms. The molecule has 0 radical (unpaired) electrons. The van der Waals surface area contributed by atoms with E-state index in [1.165, 1.54) is 22.8 Å². The molecule has 1 amide bonds. The van der Waals surface area contributed by atoms with Crippen LogP contribution in [0.25, 0.3) is 5.69 Å². The lowest BCUT2D eigenvalue weighted by molar-refractivity contribution is -0.119. The summed E-state index contributed by atoms with van der Waals surface area (Å²) in [5.74, 6) is -0.736. The molecule has 26 heavy (non-hydrogen) atoms. The summed E-state index contributed by atoms with van der Waals surface area (Å²) in [5, 5.41) is 5.85. The summed E-state index contributed by atoms with van der Waals surface area (Å²) in [6.45, 7) is 0.518. The number of aromatic nitrogens is 1. The molecular weight excluding hydrogens is 335 g/mol. The third kappa shape index (κ3) is 3.68. The molecule has 3 rings (SSSR count). The van der Waals surface area contributed by atoms with E-state index in [-0.39, 0.29) is 35.0 Å². The number of anilines is 1. The number of carbonyl (C=O) groups excluding carboxylic acids is 1. The zero-order valence-electron chi connectivity index (χ0n) is 14.6. The number of halogens is 1. The van der Waals surface area contributed by atoms with E-state index in [1.54, 1.807) is 24.4 Å². The number of rotatable bonds is 5. The van der Waals surface area contributed by atoms with Gasteiger partial charge < -0.3 is 16.4 Å². The summed E-state index contributed by atoms with van der Waals surface area (Å²) in [7, 11) is 1.86. The number of nitrogens with zero attached hydrogens (tertiary/aromatic N) is 1. The number of hydrogen-bond donors (Lipinski definition) is 3. The second kappa shape index (κ2) is 7.80. The number of carbonyl (C=O) groups is 1. The van der Waals surface area contributed by atoms with Gasteiger partial charge in [-0.1, -0.05) is 6.07 Å². The van der Waals surface area contributed by atoms with Crippen LogP contribution in [0.2, 0.25) is 0 Å². The molecule has 1 saturated carbocycles. The van der Waals surface area contributed by atoms with E-state index >= 15 is 0 Å². The second-order valence-corrected chi connectivity index (χ2v) is 6.62. The maximum absolute atomic E-state index is 14.4. The molecule has 1 heterocycles. The van der Waals surface area contributed by atoms with E-state index in [1.807, 2.05) is 7.05 Å². The molecule has 0 bridgehead atoms. The molecule has 1 aromatic heterocycles. The Balaban J connectivity index is 1.74. The van der Waals surface area contributed by atoms with Crippen molar-refractivity contribution in [3.63, 3.8) is 0 Å². The minimum absolute atomic E-state index is 0.111. The molecule has 4 N–H and O–H groups in total. The maximum atomic E-state index is 14.4. The first-order valence-electron chi connectivity index (χ1n) is 8.69. The molecule has 138 valence electrons. The van der Waals surface area contributed by atoms with E-state index in [0.29, 0.717) is 25.1 Å². The van der Waals surface area contributed by atoms with Crippen LogP contribution < -0.4 is 21.9 Å². The van der Waals surface area contributed by atoms with Gasteiger partial charge in [-0.3, -0.25) is 14.2 Å². The summed E-state index contributed by atoms with van der Waals surface area (Å²) in [5.41, 5.74) is 6.03. The van der Waals surface area contributed by atoms with Crippen LogP contribution in [0.15, 0.2) is 47.4 Å². The highest BCUT2D eigenvalue weighted by molar-refractivity contribution is 5.93. The fourth-order valence-corrected chi connectivity index (χ4v) is 3.58. The monoisotopic (exact) mass is 358 g/mol. The lowest BCUT2D eigenvalue weighted by Gasteiger charge is -2.15. The highest BCUT2D eigenvalue weighted by atomic mass is 19.1. The second-order valence-electron chi connectivity index (χ2n) is 6.62. The van der Waals surface area contributed by atoms with Gasteiger partial charge in [-0.25, -0.2) is 4.39 Å². The van der Waals surface area contributed by atoms with Crippen LogP contribution in [0, 0.1) is 17.7 Å². The van der Waals surface area contributed by atoms with Gasteiger partial charge >= 0.3 is 0 Å². The average molecular weight is 358 g/mol. The fourth-order valence-electron chi connectivity index (χ4n) is 3.58. The van der Waals surface area contributed by atoms with Crippen LogP contribution in [0.5, 0.6) is 0 Å². The molecule has 1 aromatic carbocycles. The topological polar surface area (TPSA) is 89.2 Å². The number of nitrogens with one attached hydrogen (secondary N) is 2. The van der Waals surface area contributed by atoms with E-state index in [9.17, 15) is 14.0 Å². The number of amides is 1. The summed E-state index contributed by atoms with van der Waals surface area (Å²) in [6, 6.07) is 9.25. The average Bonchev–Trinajstić information content (AvgIpc) is 3.07. The number of pyridine rings is 1. The van der Waals surface area contributed by atoms with Gasteiger partial charge in [0.1, 0.15) is 5.82 Å². The molecule has 3 unspecified atom stereocenters. The van der Waals surface area contributed by atoms with Crippen molar-refractivity contribution in [2.75, 3.05) is 18.9 Å². The van der Waals surface area contributed by atoms with E-state index < -0.39 is 5.82 Å². The van der Waals surface area contributed by atoms with Crippen molar-refractivity contribution in [3.8, 4) is 5.69 Å². The minimum Gasteiger partial charge on any atom is -0.330 e. The summed E-state index contributed by atoms with van der Waals surface area (Å²) < 4.78 is 15.8. The molecule has 2 aromatic rings. The quantitative estimate of drug-likeness (QED) is 0.755. The minimum atomic E-state index is -0.579. The zero-order chi connectivity index (χ0) is 18.7. The van der Waals surface area contributed by atoms with E-state index in [0.717, 1.165) is 0 Å². The first-order valence-corrected chi connectivity index (χ1v) is 8.69. The molecule has 0 saturated heterocycles. The van der Waals surface area contributed by atoms with Gasteiger partial charge in [0, 0.05) is 30.3 Å². The number of nitrogens with two attached hydrogens (primary N) is 1. The third-order valence-electron chi connectivity index (χ3n) is 5.05. The van der Waals surface area contributed by atoms with Crippen molar-refractivity contribution < 1.29 is 9.18 Å². The van der Waals surface area contributed by atoms with Gasteiger partial charge in [0.15, 0.2) is 0 Å². The van der Waals surface area contributed by atoms with Gasteiger partial charge in [0.2, 0.25) is 5.91 Å². The zero-order valence-corrected chi connectivity index (χ0v) is 14.6.